The number of rotatable bonds is 2. The second-order valence-corrected chi connectivity index (χ2v) is 3.07. The summed E-state index contributed by atoms with van der Waals surface area (Å²) in [6.07, 6.45) is 0.340. The Bertz CT molecular complexity index is 499. The predicted molar refractivity (Wildman–Crippen MR) is 53.3 cm³/mol. The van der Waals surface area contributed by atoms with E-state index in [9.17, 15) is 4.79 Å². The molecular weight excluding hydrogens is 180 g/mol. The molecular formula is C11H10O3. The van der Waals surface area contributed by atoms with E-state index in [0.29, 0.717) is 17.6 Å². The van der Waals surface area contributed by atoms with Crippen LogP contribution in [0.4, 0.5) is 0 Å². The third-order valence-corrected chi connectivity index (χ3v) is 2.09. The summed E-state index contributed by atoms with van der Waals surface area (Å²) in [4.78, 5) is 11.3. The highest BCUT2D eigenvalue weighted by Gasteiger charge is 2.03. The minimum absolute atomic E-state index is 0.0386. The second kappa shape index (κ2) is 3.64. The van der Waals surface area contributed by atoms with Crippen LogP contribution in [0.2, 0.25) is 0 Å². The molecule has 2 aromatic rings. The van der Waals surface area contributed by atoms with Gasteiger partial charge in [-0.05, 0) is 12.1 Å². The standard InChI is InChI=1S/C11H10O3/c12-6-5-9-7-8-3-1-2-4-10(8)14-11(9)13/h1-4,7,12H,5-6H2. The number of aliphatic hydroxyl groups excluding tert-OH is 1. The molecule has 0 spiro atoms. The van der Waals surface area contributed by atoms with E-state index in [1.54, 1.807) is 12.1 Å². The van der Waals surface area contributed by atoms with Crippen molar-refractivity contribution in [2.24, 2.45) is 0 Å². The molecule has 0 aliphatic carbocycles. The molecule has 0 saturated carbocycles. The van der Waals surface area contributed by atoms with E-state index < -0.39 is 0 Å². The fraction of sp³-hybridized carbons (Fsp3) is 0.182. The van der Waals surface area contributed by atoms with Crippen molar-refractivity contribution in [3.63, 3.8) is 0 Å². The van der Waals surface area contributed by atoms with Gasteiger partial charge in [0.05, 0.1) is 0 Å². The molecule has 0 saturated heterocycles. The van der Waals surface area contributed by atoms with Crippen LogP contribution in [0.5, 0.6) is 0 Å². The van der Waals surface area contributed by atoms with Crippen molar-refractivity contribution in [1.29, 1.82) is 0 Å². The van der Waals surface area contributed by atoms with Crippen molar-refractivity contribution in [2.45, 2.75) is 6.42 Å². The Hall–Kier alpha value is -1.61. The molecule has 0 aliphatic heterocycles. The maximum atomic E-state index is 11.3. The average Bonchev–Trinajstić information content (AvgIpc) is 2.19. The fourth-order valence-electron chi connectivity index (χ4n) is 1.40. The largest absolute Gasteiger partial charge is 0.423 e. The Morgan fingerprint density at radius 2 is 2.07 bits per heavy atom. The van der Waals surface area contributed by atoms with E-state index in [1.165, 1.54) is 0 Å². The van der Waals surface area contributed by atoms with E-state index in [1.807, 2.05) is 18.2 Å². The summed E-state index contributed by atoms with van der Waals surface area (Å²) in [6.45, 7) is -0.0386. The summed E-state index contributed by atoms with van der Waals surface area (Å²) in [5, 5.41) is 9.62. The van der Waals surface area contributed by atoms with E-state index in [2.05, 4.69) is 0 Å². The van der Waals surface area contributed by atoms with E-state index in [0.717, 1.165) is 5.39 Å². The molecule has 72 valence electrons. The maximum absolute atomic E-state index is 11.3. The molecule has 1 N–H and O–H groups in total. The molecule has 0 radical (unpaired) electrons. The van der Waals surface area contributed by atoms with Gasteiger partial charge in [-0.25, -0.2) is 4.79 Å². The Kier molecular flexibility index (Phi) is 2.33. The topological polar surface area (TPSA) is 50.4 Å². The van der Waals surface area contributed by atoms with Crippen LogP contribution in [0.25, 0.3) is 11.0 Å². The van der Waals surface area contributed by atoms with Crippen LogP contribution >= 0.6 is 0 Å². The van der Waals surface area contributed by atoms with Crippen LogP contribution < -0.4 is 5.63 Å². The molecule has 1 heterocycles. The van der Waals surface area contributed by atoms with Crippen molar-refractivity contribution in [3.05, 3.63) is 46.3 Å². The molecule has 0 unspecified atom stereocenters. The molecule has 3 heteroatoms. The first-order chi connectivity index (χ1) is 6.81. The molecule has 0 aliphatic rings. The highest BCUT2D eigenvalue weighted by Crippen LogP contribution is 2.12. The zero-order valence-corrected chi connectivity index (χ0v) is 7.56. The monoisotopic (exact) mass is 190 g/mol. The van der Waals surface area contributed by atoms with Crippen LogP contribution in [-0.4, -0.2) is 11.7 Å². The Labute approximate surface area is 80.6 Å². The van der Waals surface area contributed by atoms with Crippen LogP contribution in [-0.2, 0) is 6.42 Å². The van der Waals surface area contributed by atoms with Gasteiger partial charge in [0.1, 0.15) is 5.58 Å². The number of aliphatic hydroxyl groups is 1. The van der Waals surface area contributed by atoms with Crippen molar-refractivity contribution in [1.82, 2.24) is 0 Å². The van der Waals surface area contributed by atoms with Crippen molar-refractivity contribution >= 4 is 11.0 Å². The van der Waals surface area contributed by atoms with Crippen LogP contribution in [0.1, 0.15) is 5.56 Å². The van der Waals surface area contributed by atoms with Gasteiger partial charge in [0.2, 0.25) is 0 Å². The molecule has 0 bridgehead atoms. The molecule has 2 rings (SSSR count). The summed E-state index contributed by atoms with van der Waals surface area (Å²) < 4.78 is 5.08. The maximum Gasteiger partial charge on any atom is 0.339 e. The lowest BCUT2D eigenvalue weighted by Crippen LogP contribution is -2.08. The van der Waals surface area contributed by atoms with Crippen molar-refractivity contribution in [2.75, 3.05) is 6.61 Å². The van der Waals surface area contributed by atoms with Gasteiger partial charge in [0.15, 0.2) is 0 Å². The van der Waals surface area contributed by atoms with Crippen molar-refractivity contribution < 1.29 is 9.52 Å². The molecule has 3 nitrogen and oxygen atoms in total. The lowest BCUT2D eigenvalue weighted by atomic mass is 10.1. The Morgan fingerprint density at radius 1 is 1.29 bits per heavy atom. The lowest BCUT2D eigenvalue weighted by Gasteiger charge is -1.99. The Morgan fingerprint density at radius 3 is 2.86 bits per heavy atom. The predicted octanol–water partition coefficient (Wildman–Crippen LogP) is 1.33. The quantitative estimate of drug-likeness (QED) is 0.727. The van der Waals surface area contributed by atoms with Gasteiger partial charge in [-0.15, -0.1) is 0 Å². The molecule has 1 aromatic heterocycles. The third kappa shape index (κ3) is 1.54. The number of benzene rings is 1. The molecule has 1 aromatic carbocycles. The minimum Gasteiger partial charge on any atom is -0.423 e. The zero-order chi connectivity index (χ0) is 9.97. The second-order valence-electron chi connectivity index (χ2n) is 3.07. The highest BCUT2D eigenvalue weighted by atomic mass is 16.4. The van der Waals surface area contributed by atoms with Gasteiger partial charge in [-0.1, -0.05) is 18.2 Å². The smallest absolute Gasteiger partial charge is 0.339 e. The first-order valence-electron chi connectivity index (χ1n) is 4.44. The lowest BCUT2D eigenvalue weighted by molar-refractivity contribution is 0.298. The van der Waals surface area contributed by atoms with Gasteiger partial charge in [-0.2, -0.15) is 0 Å². The molecule has 0 fully saturated rings. The van der Waals surface area contributed by atoms with Gasteiger partial charge >= 0.3 is 5.63 Å². The molecule has 14 heavy (non-hydrogen) atoms. The average molecular weight is 190 g/mol. The van der Waals surface area contributed by atoms with Crippen LogP contribution in [0.3, 0.4) is 0 Å². The van der Waals surface area contributed by atoms with Crippen LogP contribution in [0, 0.1) is 0 Å². The summed E-state index contributed by atoms with van der Waals surface area (Å²) in [7, 11) is 0. The van der Waals surface area contributed by atoms with E-state index in [4.69, 9.17) is 9.52 Å². The number of hydrogen-bond donors (Lipinski definition) is 1. The minimum atomic E-state index is -0.363. The number of para-hydroxylation sites is 1. The van der Waals surface area contributed by atoms with E-state index in [-0.39, 0.29) is 12.2 Å². The van der Waals surface area contributed by atoms with Gasteiger partial charge in [-0.3, -0.25) is 0 Å². The number of fused-ring (bicyclic) bond motifs is 1. The summed E-state index contributed by atoms with van der Waals surface area (Å²) in [5.74, 6) is 0. The number of hydrogen-bond acceptors (Lipinski definition) is 3. The summed E-state index contributed by atoms with van der Waals surface area (Å²) in [6, 6.07) is 9.08. The van der Waals surface area contributed by atoms with Crippen molar-refractivity contribution in [3.8, 4) is 0 Å². The molecule has 0 atom stereocenters. The SMILES string of the molecule is O=c1oc2ccccc2cc1CCO. The first-order valence-corrected chi connectivity index (χ1v) is 4.44. The fourth-order valence-corrected chi connectivity index (χ4v) is 1.40. The zero-order valence-electron chi connectivity index (χ0n) is 7.56. The van der Waals surface area contributed by atoms with E-state index >= 15 is 0 Å². The van der Waals surface area contributed by atoms with Gasteiger partial charge < -0.3 is 9.52 Å². The van der Waals surface area contributed by atoms with Gasteiger partial charge in [0, 0.05) is 24.0 Å². The van der Waals surface area contributed by atoms with Crippen LogP contribution in [0.15, 0.2) is 39.5 Å². The molecule has 0 amide bonds. The highest BCUT2D eigenvalue weighted by molar-refractivity contribution is 5.76. The normalized spacial score (nSPS) is 10.6. The summed E-state index contributed by atoms with van der Waals surface area (Å²) >= 11 is 0. The first kappa shape index (κ1) is 8.97. The van der Waals surface area contributed by atoms with Gasteiger partial charge in [0.25, 0.3) is 0 Å². The summed E-state index contributed by atoms with van der Waals surface area (Å²) in [5.41, 5.74) is 0.739. The third-order valence-electron chi connectivity index (χ3n) is 2.09. The Balaban J connectivity index is 2.65.